The van der Waals surface area contributed by atoms with Crippen molar-refractivity contribution in [2.24, 2.45) is 0 Å². The predicted molar refractivity (Wildman–Crippen MR) is 58.4 cm³/mol. The van der Waals surface area contributed by atoms with Crippen LogP contribution in [0.25, 0.3) is 0 Å². The molecule has 0 radical (unpaired) electrons. The topological polar surface area (TPSA) is 68.7 Å². The van der Waals surface area contributed by atoms with E-state index in [1.165, 1.54) is 6.07 Å². The van der Waals surface area contributed by atoms with Gasteiger partial charge in [-0.2, -0.15) is 0 Å². The van der Waals surface area contributed by atoms with Gasteiger partial charge in [-0.15, -0.1) is 24.8 Å². The molecule has 1 aromatic rings. The van der Waals surface area contributed by atoms with E-state index in [1.807, 2.05) is 0 Å². The molecule has 106 valence electrons. The van der Waals surface area contributed by atoms with Gasteiger partial charge in [-0.25, -0.2) is 4.98 Å². The highest BCUT2D eigenvalue weighted by molar-refractivity contribution is 6.16. The predicted octanol–water partition coefficient (Wildman–Crippen LogP) is 2.35. The summed E-state index contributed by atoms with van der Waals surface area (Å²) in [4.78, 5) is 14.2. The average Bonchev–Trinajstić information content (AvgIpc) is 2.25. The summed E-state index contributed by atoms with van der Waals surface area (Å²) in [6.45, 7) is 0. The van der Waals surface area contributed by atoms with Gasteiger partial charge in [0.05, 0.1) is 25.1 Å². The van der Waals surface area contributed by atoms with E-state index in [1.54, 1.807) is 0 Å². The lowest BCUT2D eigenvalue weighted by Gasteiger charge is -2.15. The fourth-order valence-electron chi connectivity index (χ4n) is 1.38. The van der Waals surface area contributed by atoms with Crippen molar-refractivity contribution < 1.29 is 32.5 Å². The Morgan fingerprint density at radius 2 is 2.16 bits per heavy atom. The van der Waals surface area contributed by atoms with Crippen LogP contribution in [0.4, 0.5) is 13.2 Å². The zero-order chi connectivity index (χ0) is 14.6. The number of nitrogens with zero attached hydrogens (tertiary/aromatic N) is 1. The van der Waals surface area contributed by atoms with E-state index in [2.05, 4.69) is 9.72 Å². The van der Waals surface area contributed by atoms with Crippen LogP contribution in [0.2, 0.25) is 0 Å². The van der Waals surface area contributed by atoms with E-state index in [4.69, 9.17) is 21.4 Å². The quantitative estimate of drug-likeness (QED) is 0.845. The Hall–Kier alpha value is -1.70. The molecular weight excluding hydrogens is 291 g/mol. The number of carboxylic acids is 1. The van der Waals surface area contributed by atoms with Gasteiger partial charge in [0, 0.05) is 5.56 Å². The molecule has 5 nitrogen and oxygen atoms in total. The first-order chi connectivity index (χ1) is 8.76. The van der Waals surface area contributed by atoms with E-state index >= 15 is 0 Å². The van der Waals surface area contributed by atoms with Crippen LogP contribution in [-0.2, 0) is 17.1 Å². The number of aromatic nitrogens is 1. The number of hydrogen-bond donors (Lipinski definition) is 1. The maximum Gasteiger partial charge on any atom is 0.574 e. The molecule has 1 N–H and O–H groups in total. The summed E-state index contributed by atoms with van der Waals surface area (Å²) in [6, 6.07) is 1.25. The Kier molecular flexibility index (Phi) is 4.82. The van der Waals surface area contributed by atoms with E-state index in [0.29, 0.717) is 0 Å². The SMILES string of the molecule is COc1c(CC(=O)O)cc(CCl)nc1OC(F)(F)F. The second-order valence-electron chi connectivity index (χ2n) is 3.36. The van der Waals surface area contributed by atoms with Gasteiger partial charge >= 0.3 is 12.3 Å². The summed E-state index contributed by atoms with van der Waals surface area (Å²) >= 11 is 5.49. The number of aliphatic carboxylic acids is 1. The van der Waals surface area contributed by atoms with E-state index in [-0.39, 0.29) is 22.9 Å². The molecule has 19 heavy (non-hydrogen) atoms. The Bertz CT molecular complexity index is 479. The first-order valence-electron chi connectivity index (χ1n) is 4.87. The van der Waals surface area contributed by atoms with Crippen molar-refractivity contribution in [1.29, 1.82) is 0 Å². The molecule has 0 saturated carbocycles. The maximum absolute atomic E-state index is 12.2. The van der Waals surface area contributed by atoms with E-state index in [9.17, 15) is 18.0 Å². The molecule has 0 bridgehead atoms. The molecule has 0 unspecified atom stereocenters. The van der Waals surface area contributed by atoms with Crippen LogP contribution in [0, 0.1) is 0 Å². The van der Waals surface area contributed by atoms with Crippen LogP contribution < -0.4 is 9.47 Å². The molecule has 0 aliphatic heterocycles. The molecule has 9 heteroatoms. The van der Waals surface area contributed by atoms with Crippen LogP contribution >= 0.6 is 11.6 Å². The zero-order valence-electron chi connectivity index (χ0n) is 9.62. The Balaban J connectivity index is 3.30. The minimum atomic E-state index is -4.97. The fourth-order valence-corrected chi connectivity index (χ4v) is 1.51. The van der Waals surface area contributed by atoms with Gasteiger partial charge in [0.2, 0.25) is 0 Å². The van der Waals surface area contributed by atoms with Gasteiger partial charge in [0.15, 0.2) is 5.75 Å². The summed E-state index contributed by atoms with van der Waals surface area (Å²) in [6.07, 6.45) is -5.50. The first kappa shape index (κ1) is 15.4. The number of rotatable bonds is 5. The van der Waals surface area contributed by atoms with Gasteiger partial charge < -0.3 is 14.6 Å². The standard InChI is InChI=1S/C10H9ClF3NO4/c1-18-8-5(3-7(16)17)2-6(4-11)15-9(8)19-10(12,13)14/h2H,3-4H2,1H3,(H,16,17). The summed E-state index contributed by atoms with van der Waals surface area (Å²) in [5, 5.41) is 8.70. The van der Waals surface area contributed by atoms with Gasteiger partial charge in [-0.3, -0.25) is 4.79 Å². The highest BCUT2D eigenvalue weighted by atomic mass is 35.5. The third kappa shape index (κ3) is 4.47. The van der Waals surface area contributed by atoms with Gasteiger partial charge in [0.25, 0.3) is 5.88 Å². The molecule has 0 saturated heterocycles. The lowest BCUT2D eigenvalue weighted by molar-refractivity contribution is -0.276. The maximum atomic E-state index is 12.2. The normalized spacial score (nSPS) is 11.2. The molecule has 0 aromatic carbocycles. The Morgan fingerprint density at radius 1 is 1.53 bits per heavy atom. The molecule has 1 heterocycles. The molecule has 0 aliphatic carbocycles. The van der Waals surface area contributed by atoms with Crippen LogP contribution in [0.15, 0.2) is 6.07 Å². The number of carboxylic acid groups (broad SMARTS) is 1. The smallest absolute Gasteiger partial charge is 0.491 e. The third-order valence-electron chi connectivity index (χ3n) is 1.97. The molecule has 1 aromatic heterocycles. The van der Waals surface area contributed by atoms with Crippen LogP contribution in [-0.4, -0.2) is 29.5 Å². The fraction of sp³-hybridized carbons (Fsp3) is 0.400. The summed E-state index contributed by atoms with van der Waals surface area (Å²) in [5.41, 5.74) is 0.0536. The minimum Gasteiger partial charge on any atom is -0.491 e. The van der Waals surface area contributed by atoms with Crippen molar-refractivity contribution in [2.45, 2.75) is 18.7 Å². The highest BCUT2D eigenvalue weighted by Gasteiger charge is 2.34. The highest BCUT2D eigenvalue weighted by Crippen LogP contribution is 2.34. The average molecular weight is 300 g/mol. The van der Waals surface area contributed by atoms with Gasteiger partial charge in [0.1, 0.15) is 0 Å². The van der Waals surface area contributed by atoms with Crippen molar-refractivity contribution in [3.63, 3.8) is 0 Å². The molecule has 0 aliphatic rings. The largest absolute Gasteiger partial charge is 0.574 e. The third-order valence-corrected chi connectivity index (χ3v) is 2.24. The minimum absolute atomic E-state index is 0.0000926. The van der Waals surface area contributed by atoms with Crippen molar-refractivity contribution in [3.05, 3.63) is 17.3 Å². The van der Waals surface area contributed by atoms with Crippen molar-refractivity contribution in [1.82, 2.24) is 4.98 Å². The van der Waals surface area contributed by atoms with Crippen molar-refractivity contribution in [2.75, 3.05) is 7.11 Å². The van der Waals surface area contributed by atoms with Crippen molar-refractivity contribution in [3.8, 4) is 11.6 Å². The van der Waals surface area contributed by atoms with E-state index in [0.717, 1.165) is 7.11 Å². The number of ether oxygens (including phenoxy) is 2. The number of halogens is 4. The van der Waals surface area contributed by atoms with Crippen LogP contribution in [0.3, 0.4) is 0 Å². The van der Waals surface area contributed by atoms with Crippen LogP contribution in [0.1, 0.15) is 11.3 Å². The summed E-state index contributed by atoms with van der Waals surface area (Å²) in [7, 11) is 1.09. The number of methoxy groups -OCH3 is 1. The Labute approximate surface area is 110 Å². The van der Waals surface area contributed by atoms with Gasteiger partial charge in [-0.1, -0.05) is 0 Å². The summed E-state index contributed by atoms with van der Waals surface area (Å²) in [5.74, 6) is -2.66. The first-order valence-corrected chi connectivity index (χ1v) is 5.40. The number of hydrogen-bond acceptors (Lipinski definition) is 4. The number of alkyl halides is 4. The lowest BCUT2D eigenvalue weighted by Crippen LogP contribution is -2.19. The second kappa shape index (κ2) is 5.96. The van der Waals surface area contributed by atoms with Crippen molar-refractivity contribution >= 4 is 17.6 Å². The summed E-state index contributed by atoms with van der Waals surface area (Å²) < 4.78 is 45.1. The van der Waals surface area contributed by atoms with E-state index < -0.39 is 24.6 Å². The molecule has 0 spiro atoms. The Morgan fingerprint density at radius 3 is 2.58 bits per heavy atom. The molecule has 0 amide bonds. The zero-order valence-corrected chi connectivity index (χ0v) is 10.4. The molecular formula is C10H9ClF3NO4. The molecule has 0 fully saturated rings. The second-order valence-corrected chi connectivity index (χ2v) is 3.63. The van der Waals surface area contributed by atoms with Gasteiger partial charge in [-0.05, 0) is 6.07 Å². The number of carbonyl (C=O) groups is 1. The van der Waals surface area contributed by atoms with Crippen LogP contribution in [0.5, 0.6) is 11.6 Å². The lowest BCUT2D eigenvalue weighted by atomic mass is 10.1. The molecule has 1 rings (SSSR count). The monoisotopic (exact) mass is 299 g/mol. The molecule has 0 atom stereocenters. The number of pyridine rings is 1.